The molecule has 4 heteroatoms. The normalized spacial score (nSPS) is 24.2. The summed E-state index contributed by atoms with van der Waals surface area (Å²) in [6, 6.07) is 0. The van der Waals surface area contributed by atoms with Crippen LogP contribution in [0.1, 0.15) is 79.1 Å². The van der Waals surface area contributed by atoms with Gasteiger partial charge in [0.15, 0.2) is 0 Å². The van der Waals surface area contributed by atoms with Gasteiger partial charge >= 0.3 is 5.97 Å². The van der Waals surface area contributed by atoms with Gasteiger partial charge in [0.2, 0.25) is 0 Å². The van der Waals surface area contributed by atoms with Gasteiger partial charge in [-0.1, -0.05) is 53.4 Å². The zero-order valence-corrected chi connectivity index (χ0v) is 15.6. The Morgan fingerprint density at radius 1 is 1.22 bits per heavy atom. The molecule has 1 saturated carbocycles. The van der Waals surface area contributed by atoms with Gasteiger partial charge in [-0.3, -0.25) is 4.79 Å². The highest BCUT2D eigenvalue weighted by Crippen LogP contribution is 2.29. The molecular formula is C19H37NO3. The number of hydrogen-bond acceptors (Lipinski definition) is 4. The minimum atomic E-state index is -0.166. The minimum absolute atomic E-state index is 0.125. The van der Waals surface area contributed by atoms with Crippen molar-refractivity contribution < 1.29 is 14.4 Å². The molecule has 1 aliphatic rings. The summed E-state index contributed by atoms with van der Waals surface area (Å²) >= 11 is 0. The van der Waals surface area contributed by atoms with Gasteiger partial charge in [0, 0.05) is 13.2 Å². The molecule has 1 rings (SSSR count). The predicted octanol–water partition coefficient (Wildman–Crippen LogP) is 4.48. The summed E-state index contributed by atoms with van der Waals surface area (Å²) in [7, 11) is 0. The molecule has 0 aromatic carbocycles. The highest BCUT2D eigenvalue weighted by atomic mass is 16.7. The number of carbonyl (C=O) groups is 1. The van der Waals surface area contributed by atoms with Crippen molar-refractivity contribution in [3.8, 4) is 0 Å². The van der Waals surface area contributed by atoms with Crippen molar-refractivity contribution in [3.63, 3.8) is 0 Å². The molecule has 136 valence electrons. The summed E-state index contributed by atoms with van der Waals surface area (Å²) in [5.41, 5.74) is 2.87. The Balaban J connectivity index is 2.12. The molecule has 0 aliphatic heterocycles. The Kier molecular flexibility index (Phi) is 10.5. The molecule has 0 radical (unpaired) electrons. The van der Waals surface area contributed by atoms with Gasteiger partial charge in [-0.15, -0.1) is 0 Å². The topological polar surface area (TPSA) is 47.6 Å². The van der Waals surface area contributed by atoms with Crippen molar-refractivity contribution in [2.45, 2.75) is 85.2 Å². The number of carbonyl (C=O) groups excluding carboxylic acids is 1. The monoisotopic (exact) mass is 327 g/mol. The number of hydroxylamine groups is 1. The van der Waals surface area contributed by atoms with Crippen molar-refractivity contribution in [1.29, 1.82) is 0 Å². The van der Waals surface area contributed by atoms with Gasteiger partial charge < -0.3 is 9.57 Å². The summed E-state index contributed by atoms with van der Waals surface area (Å²) < 4.78 is 5.75. The van der Waals surface area contributed by atoms with E-state index in [0.29, 0.717) is 0 Å². The third-order valence-corrected chi connectivity index (χ3v) is 4.99. The second-order valence-electron chi connectivity index (χ2n) is 7.27. The molecule has 0 saturated heterocycles. The number of nitrogens with one attached hydrogen (secondary N) is 1. The van der Waals surface area contributed by atoms with Crippen LogP contribution in [0.5, 0.6) is 0 Å². The van der Waals surface area contributed by atoms with Gasteiger partial charge in [-0.25, -0.2) is 0 Å². The van der Waals surface area contributed by atoms with Crippen LogP contribution in [0.4, 0.5) is 0 Å². The molecule has 1 aliphatic carbocycles. The first kappa shape index (κ1) is 20.4. The minimum Gasteiger partial charge on any atom is -0.378 e. The number of ether oxygens (including phenoxy) is 1. The Labute approximate surface area is 142 Å². The van der Waals surface area contributed by atoms with Gasteiger partial charge in [-0.2, -0.15) is 5.48 Å². The first-order valence-electron chi connectivity index (χ1n) is 9.61. The maximum atomic E-state index is 12.0. The molecule has 0 bridgehead atoms. The molecule has 0 amide bonds. The molecule has 4 nitrogen and oxygen atoms in total. The van der Waals surface area contributed by atoms with Crippen molar-refractivity contribution in [2.24, 2.45) is 17.8 Å². The molecule has 0 spiro atoms. The maximum Gasteiger partial charge on any atom is 0.327 e. The average Bonchev–Trinajstić information content (AvgIpc) is 2.56. The molecule has 23 heavy (non-hydrogen) atoms. The molecular weight excluding hydrogens is 290 g/mol. The molecule has 2 unspecified atom stereocenters. The Morgan fingerprint density at radius 2 is 1.91 bits per heavy atom. The Hall–Kier alpha value is -0.610. The Morgan fingerprint density at radius 3 is 2.52 bits per heavy atom. The molecule has 0 heterocycles. The van der Waals surface area contributed by atoms with Crippen LogP contribution >= 0.6 is 0 Å². The van der Waals surface area contributed by atoms with Crippen LogP contribution in [0, 0.1) is 17.8 Å². The van der Waals surface area contributed by atoms with E-state index in [-0.39, 0.29) is 18.0 Å². The van der Waals surface area contributed by atoms with Crippen LogP contribution < -0.4 is 5.48 Å². The third kappa shape index (κ3) is 8.71. The SMILES string of the molecule is CCCOC(CC)CC(C)C(=O)ONCCC1CCC(C)CC1. The van der Waals surface area contributed by atoms with Crippen LogP contribution in [0.3, 0.4) is 0 Å². The molecule has 1 N–H and O–H groups in total. The lowest BCUT2D eigenvalue weighted by Gasteiger charge is -2.26. The first-order valence-corrected chi connectivity index (χ1v) is 9.61. The van der Waals surface area contributed by atoms with Crippen molar-refractivity contribution in [2.75, 3.05) is 13.2 Å². The summed E-state index contributed by atoms with van der Waals surface area (Å²) in [6.45, 7) is 9.98. The van der Waals surface area contributed by atoms with E-state index in [0.717, 1.165) is 50.7 Å². The van der Waals surface area contributed by atoms with E-state index in [1.807, 2.05) is 6.92 Å². The van der Waals surface area contributed by atoms with Gasteiger partial charge in [0.05, 0.1) is 12.0 Å². The van der Waals surface area contributed by atoms with Crippen molar-refractivity contribution in [3.05, 3.63) is 0 Å². The maximum absolute atomic E-state index is 12.0. The van der Waals surface area contributed by atoms with E-state index in [1.54, 1.807) is 0 Å². The van der Waals surface area contributed by atoms with Crippen molar-refractivity contribution in [1.82, 2.24) is 5.48 Å². The third-order valence-electron chi connectivity index (χ3n) is 4.99. The quantitative estimate of drug-likeness (QED) is 0.449. The molecule has 0 aromatic heterocycles. The molecule has 0 aromatic rings. The predicted molar refractivity (Wildman–Crippen MR) is 93.9 cm³/mol. The van der Waals surface area contributed by atoms with Gasteiger partial charge in [0.25, 0.3) is 0 Å². The largest absolute Gasteiger partial charge is 0.378 e. The van der Waals surface area contributed by atoms with Crippen LogP contribution in [0.25, 0.3) is 0 Å². The van der Waals surface area contributed by atoms with Crippen LogP contribution in [0.15, 0.2) is 0 Å². The summed E-state index contributed by atoms with van der Waals surface area (Å²) in [6.07, 6.45) is 9.27. The van der Waals surface area contributed by atoms with Crippen LogP contribution in [0.2, 0.25) is 0 Å². The number of rotatable bonds is 11. The van der Waals surface area contributed by atoms with Crippen LogP contribution in [-0.2, 0) is 14.4 Å². The summed E-state index contributed by atoms with van der Waals surface area (Å²) in [5, 5.41) is 0. The fourth-order valence-electron chi connectivity index (χ4n) is 3.23. The highest BCUT2D eigenvalue weighted by Gasteiger charge is 2.21. The lowest BCUT2D eigenvalue weighted by Crippen LogP contribution is -2.29. The van der Waals surface area contributed by atoms with E-state index in [4.69, 9.17) is 9.57 Å². The van der Waals surface area contributed by atoms with Crippen molar-refractivity contribution >= 4 is 5.97 Å². The number of hydrogen-bond donors (Lipinski definition) is 1. The van der Waals surface area contributed by atoms with Gasteiger partial charge in [-0.05, 0) is 37.5 Å². The second-order valence-corrected chi connectivity index (χ2v) is 7.27. The standard InChI is InChI=1S/C19H37NO3/c1-5-13-22-18(6-2)14-16(4)19(21)23-20-12-11-17-9-7-15(3)8-10-17/h15-18,20H,5-14H2,1-4H3. The van der Waals surface area contributed by atoms with Gasteiger partial charge in [0.1, 0.15) is 0 Å². The smallest absolute Gasteiger partial charge is 0.327 e. The van der Waals surface area contributed by atoms with E-state index < -0.39 is 0 Å². The zero-order chi connectivity index (χ0) is 17.1. The lowest BCUT2D eigenvalue weighted by atomic mass is 9.81. The fourth-order valence-corrected chi connectivity index (χ4v) is 3.23. The lowest BCUT2D eigenvalue weighted by molar-refractivity contribution is -0.157. The Bertz CT molecular complexity index is 314. The van der Waals surface area contributed by atoms with E-state index in [9.17, 15) is 4.79 Å². The summed E-state index contributed by atoms with van der Waals surface area (Å²) in [4.78, 5) is 17.2. The van der Waals surface area contributed by atoms with E-state index >= 15 is 0 Å². The highest BCUT2D eigenvalue weighted by molar-refractivity contribution is 5.71. The van der Waals surface area contributed by atoms with Crippen LogP contribution in [-0.4, -0.2) is 25.2 Å². The molecule has 2 atom stereocenters. The second kappa shape index (κ2) is 11.9. The fraction of sp³-hybridized carbons (Fsp3) is 0.947. The average molecular weight is 328 g/mol. The summed E-state index contributed by atoms with van der Waals surface area (Å²) in [5.74, 6) is 1.39. The molecule has 1 fully saturated rings. The zero-order valence-electron chi connectivity index (χ0n) is 15.6. The van der Waals surface area contributed by atoms with E-state index in [2.05, 4.69) is 26.3 Å². The van der Waals surface area contributed by atoms with E-state index in [1.165, 1.54) is 25.7 Å². The first-order chi connectivity index (χ1) is 11.1.